The number of hydrogen-bond acceptors (Lipinski definition) is 4. The molecular formula is C29H42O4. The monoisotopic (exact) mass is 454 g/mol. The van der Waals surface area contributed by atoms with E-state index in [2.05, 4.69) is 13.8 Å². The van der Waals surface area contributed by atoms with Gasteiger partial charge in [-0.3, -0.25) is 0 Å². The lowest BCUT2D eigenvalue weighted by atomic mass is 10.1. The van der Waals surface area contributed by atoms with Crippen LogP contribution in [0.25, 0.3) is 0 Å². The second-order valence-electron chi connectivity index (χ2n) is 8.65. The molecule has 4 heteroatoms. The van der Waals surface area contributed by atoms with Crippen LogP contribution in [0.4, 0.5) is 0 Å². The number of ether oxygens (including phenoxy) is 3. The Morgan fingerprint density at radius 2 is 1.30 bits per heavy atom. The zero-order valence-corrected chi connectivity index (χ0v) is 20.8. The maximum Gasteiger partial charge on any atom is 0.343 e. The van der Waals surface area contributed by atoms with Gasteiger partial charge >= 0.3 is 5.97 Å². The minimum atomic E-state index is -0.384. The summed E-state index contributed by atoms with van der Waals surface area (Å²) in [6.07, 6.45) is 12.0. The Bertz CT molecular complexity index is 784. The molecule has 0 N–H and O–H groups in total. The quantitative estimate of drug-likeness (QED) is 0.137. The van der Waals surface area contributed by atoms with Gasteiger partial charge in [0.2, 0.25) is 0 Å². The van der Waals surface area contributed by atoms with Gasteiger partial charge in [-0.1, -0.05) is 89.5 Å². The largest absolute Gasteiger partial charge is 0.490 e. The second kappa shape index (κ2) is 16.3. The lowest BCUT2D eigenvalue weighted by Crippen LogP contribution is -2.10. The molecule has 2 rings (SSSR count). The van der Waals surface area contributed by atoms with Crippen LogP contribution in [0.5, 0.6) is 11.5 Å². The van der Waals surface area contributed by atoms with Gasteiger partial charge in [0.1, 0.15) is 0 Å². The average molecular weight is 455 g/mol. The van der Waals surface area contributed by atoms with Gasteiger partial charge in [-0.25, -0.2) is 4.79 Å². The summed E-state index contributed by atoms with van der Waals surface area (Å²) < 4.78 is 17.5. The molecule has 0 saturated heterocycles. The first-order chi connectivity index (χ1) is 16.2. The average Bonchev–Trinajstić information content (AvgIpc) is 2.84. The summed E-state index contributed by atoms with van der Waals surface area (Å²) in [6.45, 7) is 7.87. The smallest absolute Gasteiger partial charge is 0.343 e. The summed E-state index contributed by atoms with van der Waals surface area (Å²) in [5, 5.41) is 0. The van der Waals surface area contributed by atoms with Gasteiger partial charge in [0.25, 0.3) is 0 Å². The van der Waals surface area contributed by atoms with E-state index in [1.54, 1.807) is 18.2 Å². The van der Waals surface area contributed by atoms with Gasteiger partial charge in [0, 0.05) is 6.61 Å². The van der Waals surface area contributed by atoms with Crippen LogP contribution >= 0.6 is 0 Å². The fraction of sp³-hybridized carbons (Fsp3) is 0.552. The van der Waals surface area contributed by atoms with Crippen molar-refractivity contribution in [3.8, 4) is 11.5 Å². The first kappa shape index (κ1) is 26.9. The molecule has 0 aliphatic heterocycles. The molecule has 0 aromatic heterocycles. The molecule has 0 aliphatic carbocycles. The van der Waals surface area contributed by atoms with Crippen molar-refractivity contribution < 1.29 is 19.0 Å². The Labute approximate surface area is 200 Å². The maximum absolute atomic E-state index is 12.7. The van der Waals surface area contributed by atoms with E-state index in [9.17, 15) is 4.79 Å². The predicted octanol–water partition coefficient (Wildman–Crippen LogP) is 8.30. The third kappa shape index (κ3) is 10.4. The van der Waals surface area contributed by atoms with E-state index in [1.807, 2.05) is 37.3 Å². The zero-order chi connectivity index (χ0) is 23.7. The Hall–Kier alpha value is -2.33. The summed E-state index contributed by atoms with van der Waals surface area (Å²) in [5.74, 6) is 0.688. The number of rotatable bonds is 17. The first-order valence-corrected chi connectivity index (χ1v) is 12.8. The van der Waals surface area contributed by atoms with Gasteiger partial charge in [-0.15, -0.1) is 0 Å². The molecule has 2 aromatic rings. The predicted molar refractivity (Wildman–Crippen MR) is 135 cm³/mol. The van der Waals surface area contributed by atoms with E-state index in [0.717, 1.165) is 31.4 Å². The molecular weight excluding hydrogens is 412 g/mol. The normalized spacial score (nSPS) is 11.8. The van der Waals surface area contributed by atoms with Crippen LogP contribution in [0.3, 0.4) is 0 Å². The minimum absolute atomic E-state index is 0.00722. The van der Waals surface area contributed by atoms with E-state index in [1.165, 1.54) is 44.9 Å². The molecule has 0 amide bonds. The number of unbranched alkanes of at least 4 members (excludes halogenated alkanes) is 8. The lowest BCUT2D eigenvalue weighted by molar-refractivity contribution is 0.0626. The van der Waals surface area contributed by atoms with Crippen molar-refractivity contribution in [2.45, 2.75) is 91.1 Å². The number of benzene rings is 2. The van der Waals surface area contributed by atoms with E-state index < -0.39 is 0 Å². The minimum Gasteiger partial charge on any atom is -0.490 e. The first-order valence-electron chi connectivity index (χ1n) is 12.8. The van der Waals surface area contributed by atoms with E-state index in [4.69, 9.17) is 14.2 Å². The summed E-state index contributed by atoms with van der Waals surface area (Å²) >= 11 is 0. The van der Waals surface area contributed by atoms with Gasteiger partial charge in [-0.05, 0) is 49.6 Å². The Morgan fingerprint density at radius 1 is 0.727 bits per heavy atom. The number of esters is 1. The molecule has 4 nitrogen and oxygen atoms in total. The van der Waals surface area contributed by atoms with E-state index in [-0.39, 0.29) is 12.1 Å². The van der Waals surface area contributed by atoms with Crippen molar-refractivity contribution in [2.75, 3.05) is 13.2 Å². The van der Waals surface area contributed by atoms with Crippen LogP contribution in [0.15, 0.2) is 48.5 Å². The van der Waals surface area contributed by atoms with Crippen LogP contribution in [0.1, 0.15) is 107 Å². The van der Waals surface area contributed by atoms with Crippen LogP contribution in [-0.4, -0.2) is 19.2 Å². The van der Waals surface area contributed by atoms with Crippen LogP contribution in [0.2, 0.25) is 0 Å². The number of hydrogen-bond donors (Lipinski definition) is 0. The third-order valence-electron chi connectivity index (χ3n) is 5.79. The molecule has 2 aromatic carbocycles. The second-order valence-corrected chi connectivity index (χ2v) is 8.65. The standard InChI is InChI=1S/C29H42O4/c1-4-6-8-10-11-15-23-32-27-16-12-13-17-28(27)33-29(30)26-20-18-25(19-21-26)24(3)31-22-14-9-7-5-2/h12-13,16-21,24H,4-11,14-15,22-23H2,1-3H3. The molecule has 0 saturated carbocycles. The highest BCUT2D eigenvalue weighted by molar-refractivity contribution is 5.91. The Morgan fingerprint density at radius 3 is 2.00 bits per heavy atom. The number of carbonyl (C=O) groups is 1. The van der Waals surface area contributed by atoms with Crippen molar-refractivity contribution in [1.82, 2.24) is 0 Å². The Kier molecular flexibility index (Phi) is 13.3. The molecule has 0 fully saturated rings. The number of para-hydroxylation sites is 2. The van der Waals surface area contributed by atoms with Crippen molar-refractivity contribution in [3.63, 3.8) is 0 Å². The molecule has 0 radical (unpaired) electrons. The molecule has 0 heterocycles. The van der Waals surface area contributed by atoms with E-state index >= 15 is 0 Å². The van der Waals surface area contributed by atoms with Crippen LogP contribution in [0, 0.1) is 0 Å². The number of carbonyl (C=O) groups excluding carboxylic acids is 1. The molecule has 0 spiro atoms. The van der Waals surface area contributed by atoms with Crippen LogP contribution < -0.4 is 9.47 Å². The topological polar surface area (TPSA) is 44.8 Å². The molecule has 1 atom stereocenters. The molecule has 1 unspecified atom stereocenters. The molecule has 33 heavy (non-hydrogen) atoms. The summed E-state index contributed by atoms with van der Waals surface area (Å²) in [4.78, 5) is 12.7. The van der Waals surface area contributed by atoms with Gasteiger partial charge < -0.3 is 14.2 Å². The summed E-state index contributed by atoms with van der Waals surface area (Å²) in [5.41, 5.74) is 1.57. The van der Waals surface area contributed by atoms with Crippen molar-refractivity contribution in [3.05, 3.63) is 59.7 Å². The highest BCUT2D eigenvalue weighted by atomic mass is 16.6. The van der Waals surface area contributed by atoms with Crippen LogP contribution in [-0.2, 0) is 4.74 Å². The highest BCUT2D eigenvalue weighted by Gasteiger charge is 2.14. The van der Waals surface area contributed by atoms with Crippen molar-refractivity contribution in [2.24, 2.45) is 0 Å². The SMILES string of the molecule is CCCCCCCCOc1ccccc1OC(=O)c1ccc(C(C)OCCCCCC)cc1. The van der Waals surface area contributed by atoms with Gasteiger partial charge in [0.15, 0.2) is 11.5 Å². The molecule has 0 bridgehead atoms. The van der Waals surface area contributed by atoms with E-state index in [0.29, 0.717) is 23.7 Å². The summed E-state index contributed by atoms with van der Waals surface area (Å²) in [6, 6.07) is 14.8. The summed E-state index contributed by atoms with van der Waals surface area (Å²) in [7, 11) is 0. The fourth-order valence-electron chi connectivity index (χ4n) is 3.65. The van der Waals surface area contributed by atoms with Crippen molar-refractivity contribution in [1.29, 1.82) is 0 Å². The lowest BCUT2D eigenvalue weighted by Gasteiger charge is -2.14. The van der Waals surface area contributed by atoms with Gasteiger partial charge in [0.05, 0.1) is 18.3 Å². The molecule has 182 valence electrons. The zero-order valence-electron chi connectivity index (χ0n) is 20.8. The fourth-order valence-corrected chi connectivity index (χ4v) is 3.65. The molecule has 0 aliphatic rings. The van der Waals surface area contributed by atoms with Gasteiger partial charge in [-0.2, -0.15) is 0 Å². The third-order valence-corrected chi connectivity index (χ3v) is 5.79. The highest BCUT2D eigenvalue weighted by Crippen LogP contribution is 2.28. The van der Waals surface area contributed by atoms with Crippen molar-refractivity contribution >= 4 is 5.97 Å². The Balaban J connectivity index is 1.82. The maximum atomic E-state index is 12.7.